The van der Waals surface area contributed by atoms with Crippen molar-refractivity contribution in [2.45, 2.75) is 238 Å². The zero-order valence-electron chi connectivity index (χ0n) is 34.9. The number of hydrogen-bond acceptors (Lipinski definition) is 4. The Morgan fingerprint density at radius 1 is 0.442 bits per heavy atom. The third-order valence-electron chi connectivity index (χ3n) is 11.0. The minimum atomic E-state index is -4.35. The molecule has 0 aliphatic heterocycles. The molecule has 0 aromatic heterocycles. The second-order valence-electron chi connectivity index (χ2n) is 16.1. The van der Waals surface area contributed by atoms with Gasteiger partial charge in [0.25, 0.3) is 10.1 Å². The Morgan fingerprint density at radius 3 is 1.04 bits per heavy atom. The maximum absolute atomic E-state index is 12.2. The first-order chi connectivity index (χ1) is 25.3. The first-order valence-corrected chi connectivity index (χ1v) is 24.2. The van der Waals surface area contributed by atoms with Gasteiger partial charge in [0, 0.05) is 6.07 Å². The van der Waals surface area contributed by atoms with E-state index >= 15 is 0 Å². The average molecular weight is 751 g/mol. The summed E-state index contributed by atoms with van der Waals surface area (Å²) in [6, 6.07) is 4.62. The van der Waals surface area contributed by atoms with E-state index in [1.165, 1.54) is 205 Å². The van der Waals surface area contributed by atoms with E-state index in [1.54, 1.807) is 6.07 Å². The second kappa shape index (κ2) is 34.2. The molecule has 0 aliphatic carbocycles. The molecule has 1 N–H and O–H groups in total. The number of ether oxygens (including phenoxy) is 2. The summed E-state index contributed by atoms with van der Waals surface area (Å²) < 4.78 is 47.2. The summed E-state index contributed by atoms with van der Waals surface area (Å²) in [6.07, 6.45) is 41.1. The molecule has 0 amide bonds. The van der Waals surface area contributed by atoms with Crippen molar-refractivity contribution in [2.24, 2.45) is 11.8 Å². The predicted molar refractivity (Wildman–Crippen MR) is 225 cm³/mol. The Labute approximate surface area is 324 Å². The number of rotatable bonds is 39. The van der Waals surface area contributed by atoms with E-state index in [0.29, 0.717) is 36.5 Å². The van der Waals surface area contributed by atoms with Crippen molar-refractivity contribution in [1.29, 1.82) is 0 Å². The minimum absolute atomic E-state index is 0.132. The van der Waals surface area contributed by atoms with Crippen LogP contribution in [0.2, 0.25) is 0 Å². The largest absolute Gasteiger partial charge is 0.489 e. The van der Waals surface area contributed by atoms with Crippen LogP contribution in [0.25, 0.3) is 0 Å². The molecule has 1 aromatic rings. The molecule has 52 heavy (non-hydrogen) atoms. The summed E-state index contributed by atoms with van der Waals surface area (Å²) in [4.78, 5) is -0.132. The van der Waals surface area contributed by atoms with Crippen LogP contribution < -0.4 is 9.47 Å². The molecule has 0 saturated carbocycles. The Balaban J connectivity index is 2.90. The lowest BCUT2D eigenvalue weighted by Crippen LogP contribution is -2.16. The smallest absolute Gasteiger partial charge is 0.294 e. The summed E-state index contributed by atoms with van der Waals surface area (Å²) in [6.45, 7) is 10.2. The molecule has 5 nitrogen and oxygen atoms in total. The minimum Gasteiger partial charge on any atom is -0.489 e. The normalized spacial score (nSPS) is 13.0. The van der Waals surface area contributed by atoms with Crippen LogP contribution >= 0.6 is 0 Å². The fourth-order valence-corrected chi connectivity index (χ4v) is 7.97. The third kappa shape index (κ3) is 27.3. The Morgan fingerprint density at radius 2 is 0.731 bits per heavy atom. The van der Waals surface area contributed by atoms with Crippen LogP contribution in [0, 0.1) is 11.8 Å². The Kier molecular flexibility index (Phi) is 32.1. The summed E-state index contributed by atoms with van der Waals surface area (Å²) >= 11 is 0. The van der Waals surface area contributed by atoms with E-state index in [4.69, 9.17) is 9.47 Å². The van der Waals surface area contributed by atoms with Crippen molar-refractivity contribution in [2.75, 3.05) is 13.2 Å². The Hall–Kier alpha value is -1.27. The van der Waals surface area contributed by atoms with Crippen molar-refractivity contribution in [1.82, 2.24) is 0 Å². The summed E-state index contributed by atoms with van der Waals surface area (Å²) in [5, 5.41) is 0. The lowest BCUT2D eigenvalue weighted by Gasteiger charge is -2.22. The summed E-state index contributed by atoms with van der Waals surface area (Å²) in [5.74, 6) is 1.95. The molecule has 2 unspecified atom stereocenters. The number of hydrogen-bond donors (Lipinski definition) is 1. The first kappa shape index (κ1) is 48.7. The molecule has 0 saturated heterocycles. The maximum atomic E-state index is 12.2. The predicted octanol–water partition coefficient (Wildman–Crippen LogP) is 15.5. The molecule has 2 atom stereocenters. The number of benzene rings is 1. The highest BCUT2D eigenvalue weighted by molar-refractivity contribution is 7.85. The lowest BCUT2D eigenvalue weighted by molar-refractivity contribution is 0.192. The molecular weight excluding hydrogens is 665 g/mol. The molecule has 0 spiro atoms. The van der Waals surface area contributed by atoms with Gasteiger partial charge in [-0.15, -0.1) is 0 Å². The SMILES string of the molecule is CCCCCCCCCCC(CCCCCCCC)COc1ccc(S(=O)(=O)O)cc1OCC(CCCCCCCC)CCCCCCCCCC. The van der Waals surface area contributed by atoms with Crippen LogP contribution in [-0.4, -0.2) is 26.2 Å². The van der Waals surface area contributed by atoms with Crippen molar-refractivity contribution in [3.05, 3.63) is 18.2 Å². The van der Waals surface area contributed by atoms with E-state index in [0.717, 1.165) is 12.8 Å². The second-order valence-corrected chi connectivity index (χ2v) is 17.5. The summed E-state index contributed by atoms with van der Waals surface area (Å²) in [5.41, 5.74) is 0. The van der Waals surface area contributed by atoms with Gasteiger partial charge in [0.05, 0.1) is 18.1 Å². The van der Waals surface area contributed by atoms with Crippen LogP contribution in [0.5, 0.6) is 11.5 Å². The molecule has 6 heteroatoms. The van der Waals surface area contributed by atoms with Gasteiger partial charge >= 0.3 is 0 Å². The quantitative estimate of drug-likeness (QED) is 0.0536. The highest BCUT2D eigenvalue weighted by Gasteiger charge is 2.19. The van der Waals surface area contributed by atoms with Crippen LogP contribution in [0.15, 0.2) is 23.1 Å². The van der Waals surface area contributed by atoms with Crippen molar-refractivity contribution in [3.8, 4) is 11.5 Å². The van der Waals surface area contributed by atoms with E-state index in [1.807, 2.05) is 0 Å². The average Bonchev–Trinajstić information content (AvgIpc) is 3.13. The molecule has 306 valence electrons. The molecule has 0 bridgehead atoms. The fraction of sp³-hybridized carbons (Fsp3) is 0.870. The highest BCUT2D eigenvalue weighted by atomic mass is 32.2. The van der Waals surface area contributed by atoms with Gasteiger partial charge < -0.3 is 9.47 Å². The maximum Gasteiger partial charge on any atom is 0.294 e. The van der Waals surface area contributed by atoms with E-state index in [2.05, 4.69) is 27.7 Å². The van der Waals surface area contributed by atoms with Crippen LogP contribution in [0.4, 0.5) is 0 Å². The monoisotopic (exact) mass is 751 g/mol. The Bertz CT molecular complexity index is 1030. The highest BCUT2D eigenvalue weighted by Crippen LogP contribution is 2.33. The van der Waals surface area contributed by atoms with Crippen LogP contribution in [0.1, 0.15) is 233 Å². The van der Waals surface area contributed by atoms with Crippen molar-refractivity contribution in [3.63, 3.8) is 0 Å². The topological polar surface area (TPSA) is 72.8 Å². The zero-order chi connectivity index (χ0) is 38.0. The van der Waals surface area contributed by atoms with Gasteiger partial charge in [-0.2, -0.15) is 8.42 Å². The molecule has 0 fully saturated rings. The van der Waals surface area contributed by atoms with Gasteiger partial charge in [0.1, 0.15) is 0 Å². The molecule has 1 rings (SSSR count). The third-order valence-corrected chi connectivity index (χ3v) is 11.9. The standard InChI is InChI=1S/C46H86O5S/c1-5-9-13-17-21-23-27-31-34-42(33-29-25-19-15-11-7-3)40-50-45-38-37-44(52(47,48)49)39-46(45)51-41-43(35-30-26-20-16-12-8-4)36-32-28-24-22-18-14-10-6-2/h37-39,42-43H,5-36,40-41H2,1-4H3,(H,47,48,49). The zero-order valence-corrected chi connectivity index (χ0v) is 35.7. The lowest BCUT2D eigenvalue weighted by atomic mass is 9.94. The van der Waals surface area contributed by atoms with Crippen molar-refractivity contribution >= 4 is 10.1 Å². The van der Waals surface area contributed by atoms with Crippen LogP contribution in [-0.2, 0) is 10.1 Å². The van der Waals surface area contributed by atoms with E-state index < -0.39 is 10.1 Å². The van der Waals surface area contributed by atoms with E-state index in [-0.39, 0.29) is 4.90 Å². The van der Waals surface area contributed by atoms with E-state index in [9.17, 15) is 13.0 Å². The van der Waals surface area contributed by atoms with Gasteiger partial charge in [0.15, 0.2) is 11.5 Å². The molecule has 0 heterocycles. The summed E-state index contributed by atoms with van der Waals surface area (Å²) in [7, 11) is -4.35. The van der Waals surface area contributed by atoms with Gasteiger partial charge in [-0.05, 0) is 49.7 Å². The van der Waals surface area contributed by atoms with Gasteiger partial charge in [-0.25, -0.2) is 0 Å². The van der Waals surface area contributed by atoms with Crippen molar-refractivity contribution < 1.29 is 22.4 Å². The van der Waals surface area contributed by atoms with Gasteiger partial charge in [-0.3, -0.25) is 4.55 Å². The van der Waals surface area contributed by atoms with Gasteiger partial charge in [0.2, 0.25) is 0 Å². The molecule has 1 aromatic carbocycles. The fourth-order valence-electron chi connectivity index (χ4n) is 7.48. The van der Waals surface area contributed by atoms with Gasteiger partial charge in [-0.1, -0.05) is 207 Å². The number of unbranched alkanes of at least 4 members (excludes halogenated alkanes) is 24. The molecule has 0 aliphatic rings. The first-order valence-electron chi connectivity index (χ1n) is 22.7. The van der Waals surface area contributed by atoms with Crippen LogP contribution in [0.3, 0.4) is 0 Å². The molecular formula is C46H86O5S. The molecule has 0 radical (unpaired) electrons.